The molecule has 6 nitrogen and oxygen atoms in total. The zero-order valence-electron chi connectivity index (χ0n) is 11.8. The van der Waals surface area contributed by atoms with Crippen LogP contribution in [0.15, 0.2) is 36.7 Å². The number of aromatic nitrogens is 1. The number of carboxylic acid groups (broad SMARTS) is 1. The minimum atomic E-state index is -1.07. The van der Waals surface area contributed by atoms with E-state index in [0.717, 1.165) is 5.56 Å². The number of nitrogens with two attached hydrogens (primary N) is 1. The van der Waals surface area contributed by atoms with Gasteiger partial charge in [-0.05, 0) is 24.1 Å². The zero-order valence-corrected chi connectivity index (χ0v) is 13.3. The molecule has 4 N–H and O–H groups in total. The van der Waals surface area contributed by atoms with Gasteiger partial charge in [-0.25, -0.2) is 0 Å². The molecule has 2 rings (SSSR count). The predicted octanol–water partition coefficient (Wildman–Crippen LogP) is 2.60. The largest absolute Gasteiger partial charge is 0.480 e. The number of halogens is 2. The summed E-state index contributed by atoms with van der Waals surface area (Å²) >= 11 is 11.9. The van der Waals surface area contributed by atoms with Crippen molar-refractivity contribution < 1.29 is 14.7 Å². The van der Waals surface area contributed by atoms with Crippen molar-refractivity contribution in [2.24, 2.45) is 5.73 Å². The van der Waals surface area contributed by atoms with E-state index in [4.69, 9.17) is 34.0 Å². The second-order valence-corrected chi connectivity index (χ2v) is 5.59. The average molecular weight is 354 g/mol. The van der Waals surface area contributed by atoms with Gasteiger partial charge in [-0.1, -0.05) is 35.3 Å². The van der Waals surface area contributed by atoms with Gasteiger partial charge in [0.15, 0.2) is 0 Å². The first kappa shape index (κ1) is 17.2. The molecule has 1 amide bonds. The van der Waals surface area contributed by atoms with Crippen molar-refractivity contribution in [3.05, 3.63) is 57.8 Å². The smallest absolute Gasteiger partial charge is 0.320 e. The maximum atomic E-state index is 12.2. The van der Waals surface area contributed by atoms with E-state index in [9.17, 15) is 9.59 Å². The van der Waals surface area contributed by atoms with Crippen LogP contribution >= 0.6 is 23.2 Å². The van der Waals surface area contributed by atoms with Gasteiger partial charge in [-0.2, -0.15) is 0 Å². The number of rotatable bonds is 5. The Labute approximate surface area is 142 Å². The normalized spacial score (nSPS) is 11.8. The number of pyridine rings is 1. The molecule has 1 heterocycles. The van der Waals surface area contributed by atoms with Crippen molar-refractivity contribution in [3.8, 4) is 0 Å². The van der Waals surface area contributed by atoms with E-state index in [-0.39, 0.29) is 22.0 Å². The Morgan fingerprint density at radius 3 is 2.26 bits per heavy atom. The summed E-state index contributed by atoms with van der Waals surface area (Å²) in [6.45, 7) is 0. The molecule has 0 radical (unpaired) electrons. The Morgan fingerprint density at radius 1 is 1.17 bits per heavy atom. The zero-order chi connectivity index (χ0) is 17.0. The molecule has 2 aromatic rings. The summed E-state index contributed by atoms with van der Waals surface area (Å²) in [5, 5.41) is 11.7. The van der Waals surface area contributed by atoms with Crippen molar-refractivity contribution in [3.63, 3.8) is 0 Å². The highest BCUT2D eigenvalue weighted by atomic mass is 35.5. The summed E-state index contributed by atoms with van der Waals surface area (Å²) < 4.78 is 0. The maximum absolute atomic E-state index is 12.2. The van der Waals surface area contributed by atoms with Crippen LogP contribution in [0.3, 0.4) is 0 Å². The number of carboxylic acids is 1. The molecule has 23 heavy (non-hydrogen) atoms. The highest BCUT2D eigenvalue weighted by Gasteiger charge is 2.16. The summed E-state index contributed by atoms with van der Waals surface area (Å²) in [6, 6.07) is 5.70. The van der Waals surface area contributed by atoms with Gasteiger partial charge >= 0.3 is 5.97 Å². The predicted molar refractivity (Wildman–Crippen MR) is 88.0 cm³/mol. The van der Waals surface area contributed by atoms with Crippen LogP contribution in [-0.4, -0.2) is 28.0 Å². The number of hydrogen-bond donors (Lipinski definition) is 3. The highest BCUT2D eigenvalue weighted by Crippen LogP contribution is 2.24. The molecule has 0 spiro atoms. The molecule has 120 valence electrons. The lowest BCUT2D eigenvalue weighted by Crippen LogP contribution is -2.32. The summed E-state index contributed by atoms with van der Waals surface area (Å²) in [5.41, 5.74) is 6.88. The van der Waals surface area contributed by atoms with E-state index in [1.54, 1.807) is 24.3 Å². The van der Waals surface area contributed by atoms with E-state index >= 15 is 0 Å². The summed E-state index contributed by atoms with van der Waals surface area (Å²) in [7, 11) is 0. The van der Waals surface area contributed by atoms with Crippen LogP contribution in [-0.2, 0) is 11.2 Å². The van der Waals surface area contributed by atoms with Crippen molar-refractivity contribution in [2.45, 2.75) is 12.5 Å². The summed E-state index contributed by atoms with van der Waals surface area (Å²) in [5.74, 6) is -1.53. The number of aliphatic carboxylic acids is 1. The second-order valence-electron chi connectivity index (χ2n) is 4.78. The van der Waals surface area contributed by atoms with Crippen molar-refractivity contribution in [1.82, 2.24) is 4.98 Å². The average Bonchev–Trinajstić information content (AvgIpc) is 2.49. The van der Waals surface area contributed by atoms with Crippen molar-refractivity contribution >= 4 is 40.8 Å². The van der Waals surface area contributed by atoms with Crippen LogP contribution in [0.5, 0.6) is 0 Å². The molecule has 0 saturated heterocycles. The van der Waals surface area contributed by atoms with Crippen LogP contribution < -0.4 is 11.1 Å². The first-order valence-electron chi connectivity index (χ1n) is 6.56. The minimum Gasteiger partial charge on any atom is -0.480 e. The van der Waals surface area contributed by atoms with E-state index in [2.05, 4.69) is 10.3 Å². The van der Waals surface area contributed by atoms with E-state index < -0.39 is 17.9 Å². The fourth-order valence-electron chi connectivity index (χ4n) is 1.89. The third kappa shape index (κ3) is 4.41. The number of nitrogens with one attached hydrogen (secondary N) is 1. The van der Waals surface area contributed by atoms with Crippen LogP contribution in [0.25, 0.3) is 0 Å². The Kier molecular flexibility index (Phi) is 5.54. The molecule has 0 aliphatic carbocycles. The first-order chi connectivity index (χ1) is 10.9. The molecule has 0 aliphatic heterocycles. The van der Waals surface area contributed by atoms with Crippen molar-refractivity contribution in [1.29, 1.82) is 0 Å². The Bertz CT molecular complexity index is 715. The molecule has 1 aromatic heterocycles. The highest BCUT2D eigenvalue weighted by molar-refractivity contribution is 6.40. The third-order valence-corrected chi connectivity index (χ3v) is 3.64. The molecule has 1 unspecified atom stereocenters. The van der Waals surface area contributed by atoms with E-state index in [1.807, 2.05) is 0 Å². The standard InChI is InChI=1S/C15H13Cl2N3O3/c16-10-6-19-7-11(17)13(10)14(21)20-9-3-1-8(2-4-9)5-12(18)15(22)23/h1-4,6-7,12H,5,18H2,(H,20,21)(H,22,23). The van der Waals surface area contributed by atoms with Gasteiger partial charge in [-0.3, -0.25) is 14.6 Å². The fraction of sp³-hybridized carbons (Fsp3) is 0.133. The van der Waals surface area contributed by atoms with Gasteiger partial charge in [0.1, 0.15) is 6.04 Å². The molecule has 0 bridgehead atoms. The van der Waals surface area contributed by atoms with E-state index in [1.165, 1.54) is 12.4 Å². The van der Waals surface area contributed by atoms with Gasteiger partial charge in [-0.15, -0.1) is 0 Å². The van der Waals surface area contributed by atoms with Crippen LogP contribution in [0, 0.1) is 0 Å². The molecule has 8 heteroatoms. The van der Waals surface area contributed by atoms with Crippen LogP contribution in [0.2, 0.25) is 10.0 Å². The lowest BCUT2D eigenvalue weighted by Gasteiger charge is -2.10. The molecule has 1 aromatic carbocycles. The minimum absolute atomic E-state index is 0.139. The fourth-order valence-corrected chi connectivity index (χ4v) is 2.42. The number of benzene rings is 1. The van der Waals surface area contributed by atoms with Crippen LogP contribution in [0.1, 0.15) is 15.9 Å². The second kappa shape index (κ2) is 7.41. The van der Waals surface area contributed by atoms with Gasteiger partial charge in [0, 0.05) is 18.1 Å². The number of anilines is 1. The molecular formula is C15H13Cl2N3O3. The summed E-state index contributed by atoms with van der Waals surface area (Å²) in [6.07, 6.45) is 2.86. The number of carbonyl (C=O) groups is 2. The Balaban J connectivity index is 2.09. The van der Waals surface area contributed by atoms with Gasteiger partial charge < -0.3 is 16.2 Å². The topological polar surface area (TPSA) is 105 Å². The molecular weight excluding hydrogens is 341 g/mol. The lowest BCUT2D eigenvalue weighted by atomic mass is 10.1. The van der Waals surface area contributed by atoms with Crippen LogP contribution in [0.4, 0.5) is 5.69 Å². The Hall–Kier alpha value is -2.15. The first-order valence-corrected chi connectivity index (χ1v) is 7.31. The van der Waals surface area contributed by atoms with Crippen molar-refractivity contribution in [2.75, 3.05) is 5.32 Å². The van der Waals surface area contributed by atoms with E-state index in [0.29, 0.717) is 5.69 Å². The summed E-state index contributed by atoms with van der Waals surface area (Å²) in [4.78, 5) is 26.7. The molecule has 0 aliphatic rings. The number of carbonyl (C=O) groups excluding carboxylic acids is 1. The lowest BCUT2D eigenvalue weighted by molar-refractivity contribution is -0.138. The number of amides is 1. The third-order valence-electron chi connectivity index (χ3n) is 3.07. The monoisotopic (exact) mass is 353 g/mol. The van der Waals surface area contributed by atoms with Gasteiger partial charge in [0.05, 0.1) is 15.6 Å². The molecule has 0 fully saturated rings. The molecule has 1 atom stereocenters. The van der Waals surface area contributed by atoms with Gasteiger partial charge in [0.2, 0.25) is 0 Å². The van der Waals surface area contributed by atoms with Gasteiger partial charge in [0.25, 0.3) is 5.91 Å². The Morgan fingerprint density at radius 2 is 1.74 bits per heavy atom. The molecule has 0 saturated carbocycles. The SMILES string of the molecule is NC(Cc1ccc(NC(=O)c2c(Cl)cncc2Cl)cc1)C(=O)O. The maximum Gasteiger partial charge on any atom is 0.320 e. The number of hydrogen-bond acceptors (Lipinski definition) is 4. The quantitative estimate of drug-likeness (QED) is 0.765. The number of nitrogens with zero attached hydrogens (tertiary/aromatic N) is 1.